The Morgan fingerprint density at radius 3 is 2.76 bits per heavy atom. The number of hydrogen-bond donors (Lipinski definition) is 2. The standard InChI is InChI=1S/C12H18N2O3/c1-17-11(8-5-3-2-4-6-8)12-13-9(15)7-10(16)14-12/h7-8,11H,2-6H2,1H3,(H2,13,14,15,16). The predicted molar refractivity (Wildman–Crippen MR) is 62.8 cm³/mol. The maximum absolute atomic E-state index is 11.3. The van der Waals surface area contributed by atoms with Crippen molar-refractivity contribution in [3.63, 3.8) is 0 Å². The molecule has 2 N–H and O–H groups in total. The fraction of sp³-hybridized carbons (Fsp3) is 0.667. The second-order valence-electron chi connectivity index (χ2n) is 4.54. The van der Waals surface area contributed by atoms with E-state index < -0.39 is 0 Å². The second kappa shape index (κ2) is 5.31. The van der Waals surface area contributed by atoms with E-state index in [1.54, 1.807) is 7.11 Å². The van der Waals surface area contributed by atoms with Gasteiger partial charge in [0.2, 0.25) is 5.88 Å². The van der Waals surface area contributed by atoms with Crippen molar-refractivity contribution in [1.29, 1.82) is 0 Å². The number of ether oxygens (including phenoxy) is 1. The molecule has 17 heavy (non-hydrogen) atoms. The third kappa shape index (κ3) is 2.85. The monoisotopic (exact) mass is 238 g/mol. The van der Waals surface area contributed by atoms with E-state index in [0.717, 1.165) is 18.9 Å². The molecule has 2 rings (SSSR count). The first kappa shape index (κ1) is 12.1. The summed E-state index contributed by atoms with van der Waals surface area (Å²) in [5, 5.41) is 9.35. The van der Waals surface area contributed by atoms with Crippen LogP contribution in [-0.4, -0.2) is 22.2 Å². The minimum Gasteiger partial charge on any atom is -0.493 e. The average molecular weight is 238 g/mol. The number of aromatic hydroxyl groups is 1. The molecule has 1 saturated carbocycles. The lowest BCUT2D eigenvalue weighted by atomic mass is 9.85. The van der Waals surface area contributed by atoms with Crippen LogP contribution >= 0.6 is 0 Å². The molecule has 94 valence electrons. The molecular formula is C12H18N2O3. The first-order valence-corrected chi connectivity index (χ1v) is 6.03. The van der Waals surface area contributed by atoms with E-state index in [-0.39, 0.29) is 17.5 Å². The van der Waals surface area contributed by atoms with Crippen LogP contribution in [0.1, 0.15) is 44.0 Å². The van der Waals surface area contributed by atoms with Crippen LogP contribution in [0.15, 0.2) is 10.9 Å². The molecule has 0 amide bonds. The van der Waals surface area contributed by atoms with Gasteiger partial charge in [0.1, 0.15) is 11.9 Å². The molecule has 1 aromatic rings. The summed E-state index contributed by atoms with van der Waals surface area (Å²) >= 11 is 0. The highest BCUT2D eigenvalue weighted by Crippen LogP contribution is 2.35. The summed E-state index contributed by atoms with van der Waals surface area (Å²) in [4.78, 5) is 17.9. The van der Waals surface area contributed by atoms with Crippen molar-refractivity contribution in [3.8, 4) is 5.88 Å². The minimum absolute atomic E-state index is 0.227. The van der Waals surface area contributed by atoms with Crippen LogP contribution in [0.5, 0.6) is 5.88 Å². The van der Waals surface area contributed by atoms with Gasteiger partial charge in [-0.1, -0.05) is 19.3 Å². The highest BCUT2D eigenvalue weighted by molar-refractivity contribution is 5.08. The van der Waals surface area contributed by atoms with Crippen LogP contribution in [0.25, 0.3) is 0 Å². The summed E-state index contributed by atoms with van der Waals surface area (Å²) in [6.07, 6.45) is 5.57. The maximum atomic E-state index is 11.3. The normalized spacial score (nSPS) is 19.1. The van der Waals surface area contributed by atoms with E-state index in [2.05, 4.69) is 9.97 Å². The summed E-state index contributed by atoms with van der Waals surface area (Å²) in [5.74, 6) is 0.560. The SMILES string of the molecule is COC(c1nc(O)cc(=O)[nH]1)C1CCCCC1. The number of hydrogen-bond acceptors (Lipinski definition) is 4. The van der Waals surface area contributed by atoms with Crippen LogP contribution in [0.2, 0.25) is 0 Å². The van der Waals surface area contributed by atoms with Gasteiger partial charge in [-0.3, -0.25) is 4.79 Å². The fourth-order valence-electron chi connectivity index (χ4n) is 2.56. The second-order valence-corrected chi connectivity index (χ2v) is 4.54. The molecule has 1 atom stereocenters. The minimum atomic E-state index is -0.342. The fourth-order valence-corrected chi connectivity index (χ4v) is 2.56. The number of aromatic nitrogens is 2. The van der Waals surface area contributed by atoms with Gasteiger partial charge in [-0.05, 0) is 18.8 Å². The molecule has 0 radical (unpaired) electrons. The molecule has 1 fully saturated rings. The van der Waals surface area contributed by atoms with Gasteiger partial charge in [0.25, 0.3) is 5.56 Å². The van der Waals surface area contributed by atoms with Crippen LogP contribution in [0.3, 0.4) is 0 Å². The molecule has 1 aliphatic rings. The van der Waals surface area contributed by atoms with Crippen molar-refractivity contribution in [1.82, 2.24) is 9.97 Å². The van der Waals surface area contributed by atoms with Gasteiger partial charge in [0.05, 0.1) is 6.07 Å². The Balaban J connectivity index is 2.24. The summed E-state index contributed by atoms with van der Waals surface area (Å²) < 4.78 is 5.44. The Morgan fingerprint density at radius 2 is 2.18 bits per heavy atom. The number of nitrogens with one attached hydrogen (secondary N) is 1. The Bertz CT molecular complexity index is 424. The van der Waals surface area contributed by atoms with Crippen LogP contribution < -0.4 is 5.56 Å². The molecule has 0 saturated heterocycles. The third-order valence-electron chi connectivity index (χ3n) is 3.35. The lowest BCUT2D eigenvalue weighted by molar-refractivity contribution is 0.0283. The highest BCUT2D eigenvalue weighted by Gasteiger charge is 2.27. The molecule has 5 heteroatoms. The summed E-state index contributed by atoms with van der Waals surface area (Å²) in [7, 11) is 1.61. The molecule has 1 unspecified atom stereocenters. The van der Waals surface area contributed by atoms with E-state index >= 15 is 0 Å². The Labute approximate surface area is 99.9 Å². The molecule has 0 aliphatic heterocycles. The van der Waals surface area contributed by atoms with Gasteiger partial charge >= 0.3 is 0 Å². The number of H-pyrrole nitrogens is 1. The van der Waals surface area contributed by atoms with Gasteiger partial charge in [0, 0.05) is 7.11 Å². The molecular weight excluding hydrogens is 220 g/mol. The van der Waals surface area contributed by atoms with E-state index in [4.69, 9.17) is 4.74 Å². The molecule has 1 aliphatic carbocycles. The number of methoxy groups -OCH3 is 1. The lowest BCUT2D eigenvalue weighted by Crippen LogP contribution is -2.22. The van der Waals surface area contributed by atoms with Gasteiger partial charge in [0.15, 0.2) is 0 Å². The predicted octanol–water partition coefficient (Wildman–Crippen LogP) is 1.74. The smallest absolute Gasteiger partial charge is 0.254 e. The quantitative estimate of drug-likeness (QED) is 0.841. The molecule has 1 aromatic heterocycles. The van der Waals surface area contributed by atoms with E-state index in [1.807, 2.05) is 0 Å². The van der Waals surface area contributed by atoms with Crippen molar-refractivity contribution in [2.75, 3.05) is 7.11 Å². The first-order valence-electron chi connectivity index (χ1n) is 6.03. The lowest BCUT2D eigenvalue weighted by Gasteiger charge is -2.28. The van der Waals surface area contributed by atoms with E-state index in [1.165, 1.54) is 19.3 Å². The summed E-state index contributed by atoms with van der Waals surface area (Å²) in [6, 6.07) is 1.07. The third-order valence-corrected chi connectivity index (χ3v) is 3.35. The summed E-state index contributed by atoms with van der Waals surface area (Å²) in [6.45, 7) is 0. The van der Waals surface area contributed by atoms with Gasteiger partial charge in [-0.2, -0.15) is 4.98 Å². The topological polar surface area (TPSA) is 75.2 Å². The van der Waals surface area contributed by atoms with E-state index in [9.17, 15) is 9.90 Å². The van der Waals surface area contributed by atoms with Crippen molar-refractivity contribution >= 4 is 0 Å². The van der Waals surface area contributed by atoms with Gasteiger partial charge in [-0.25, -0.2) is 0 Å². The summed E-state index contributed by atoms with van der Waals surface area (Å²) in [5.41, 5.74) is -0.342. The first-order chi connectivity index (χ1) is 8.20. The Morgan fingerprint density at radius 1 is 1.47 bits per heavy atom. The maximum Gasteiger partial charge on any atom is 0.254 e. The molecule has 0 bridgehead atoms. The van der Waals surface area contributed by atoms with Crippen LogP contribution in [0.4, 0.5) is 0 Å². The molecule has 5 nitrogen and oxygen atoms in total. The largest absolute Gasteiger partial charge is 0.493 e. The zero-order valence-electron chi connectivity index (χ0n) is 9.98. The molecule has 0 aromatic carbocycles. The number of rotatable bonds is 3. The Hall–Kier alpha value is -1.36. The highest BCUT2D eigenvalue weighted by atomic mass is 16.5. The van der Waals surface area contributed by atoms with Crippen LogP contribution in [-0.2, 0) is 4.74 Å². The van der Waals surface area contributed by atoms with Crippen molar-refractivity contribution in [3.05, 3.63) is 22.2 Å². The van der Waals surface area contributed by atoms with Crippen molar-refractivity contribution in [2.45, 2.75) is 38.2 Å². The van der Waals surface area contributed by atoms with Gasteiger partial charge in [-0.15, -0.1) is 0 Å². The molecule has 0 spiro atoms. The van der Waals surface area contributed by atoms with Crippen LogP contribution in [0, 0.1) is 5.92 Å². The van der Waals surface area contributed by atoms with E-state index in [0.29, 0.717) is 11.7 Å². The van der Waals surface area contributed by atoms with Gasteiger partial charge < -0.3 is 14.8 Å². The molecule has 1 heterocycles. The zero-order chi connectivity index (χ0) is 12.3. The Kier molecular flexibility index (Phi) is 3.78. The average Bonchev–Trinajstić information content (AvgIpc) is 2.30. The zero-order valence-corrected chi connectivity index (χ0v) is 9.98. The number of aromatic amines is 1. The van der Waals surface area contributed by atoms with Crippen molar-refractivity contribution in [2.24, 2.45) is 5.92 Å². The van der Waals surface area contributed by atoms with Crippen molar-refractivity contribution < 1.29 is 9.84 Å². The number of nitrogens with zero attached hydrogens (tertiary/aromatic N) is 1.